The second kappa shape index (κ2) is 14.1. The van der Waals surface area contributed by atoms with Gasteiger partial charge >= 0.3 is 0 Å². The Morgan fingerprint density at radius 1 is 0.756 bits per heavy atom. The highest BCUT2D eigenvalue weighted by atomic mass is 127. The molecule has 228 valence electrons. The van der Waals surface area contributed by atoms with Gasteiger partial charge in [-0.3, -0.25) is 9.59 Å². The fraction of sp³-hybridized carbons (Fsp3) is 0.118. The number of azo groups is 1. The fourth-order valence-corrected chi connectivity index (χ4v) is 5.28. The number of rotatable bonds is 10. The van der Waals surface area contributed by atoms with E-state index in [1.54, 1.807) is 67.8 Å². The summed E-state index contributed by atoms with van der Waals surface area (Å²) in [5, 5.41) is 27.0. The van der Waals surface area contributed by atoms with Gasteiger partial charge in [0.1, 0.15) is 28.6 Å². The molecule has 0 saturated carbocycles. The van der Waals surface area contributed by atoms with Gasteiger partial charge in [-0.2, -0.15) is 0 Å². The molecule has 0 aliphatic rings. The summed E-state index contributed by atoms with van der Waals surface area (Å²) in [6.45, 7) is 0. The van der Waals surface area contributed by atoms with Gasteiger partial charge < -0.3 is 30.0 Å². The molecule has 45 heavy (non-hydrogen) atoms. The van der Waals surface area contributed by atoms with Gasteiger partial charge in [-0.1, -0.05) is 65.1 Å². The van der Waals surface area contributed by atoms with Crippen molar-refractivity contribution in [2.45, 2.75) is 4.43 Å². The molecule has 0 unspecified atom stereocenters. The SMILES string of the molecule is COc1cc(NC(=O)c2cc3ccccc3c(N=Nc3cc(C(=O)Nc4ccccc4)ccc3OC)c2O)c(OC)cc1CI. The Morgan fingerprint density at radius 3 is 2.18 bits per heavy atom. The van der Waals surface area contributed by atoms with E-state index in [0.29, 0.717) is 49.4 Å². The lowest BCUT2D eigenvalue weighted by molar-refractivity contribution is 0.101. The molecule has 3 N–H and O–H groups in total. The van der Waals surface area contributed by atoms with Gasteiger partial charge in [-0.05, 0) is 47.9 Å². The highest BCUT2D eigenvalue weighted by molar-refractivity contribution is 14.1. The molecule has 5 aromatic carbocycles. The minimum absolute atomic E-state index is 0.0235. The van der Waals surface area contributed by atoms with E-state index in [2.05, 4.69) is 43.5 Å². The molecule has 0 atom stereocenters. The number of anilines is 2. The molecule has 0 saturated heterocycles. The van der Waals surface area contributed by atoms with Crippen LogP contribution < -0.4 is 24.8 Å². The number of para-hydroxylation sites is 1. The van der Waals surface area contributed by atoms with Crippen molar-refractivity contribution in [3.8, 4) is 23.0 Å². The number of fused-ring (bicyclic) bond motifs is 1. The van der Waals surface area contributed by atoms with E-state index < -0.39 is 5.91 Å². The van der Waals surface area contributed by atoms with Crippen molar-refractivity contribution in [1.82, 2.24) is 0 Å². The number of nitrogens with zero attached hydrogens (tertiary/aromatic N) is 2. The molecule has 0 bridgehead atoms. The Morgan fingerprint density at radius 2 is 1.47 bits per heavy atom. The fourth-order valence-electron chi connectivity index (χ4n) is 4.68. The zero-order valence-electron chi connectivity index (χ0n) is 24.6. The molecule has 0 aromatic heterocycles. The summed E-state index contributed by atoms with van der Waals surface area (Å²) in [6.07, 6.45) is 0. The van der Waals surface area contributed by atoms with E-state index in [1.165, 1.54) is 20.3 Å². The van der Waals surface area contributed by atoms with Gasteiger partial charge in [0, 0.05) is 32.7 Å². The maximum atomic E-state index is 13.6. The third-order valence-electron chi connectivity index (χ3n) is 6.96. The molecule has 0 heterocycles. The first-order valence-corrected chi connectivity index (χ1v) is 15.2. The number of methoxy groups -OCH3 is 3. The van der Waals surface area contributed by atoms with Gasteiger partial charge in [0.05, 0.1) is 32.6 Å². The van der Waals surface area contributed by atoms with Crippen molar-refractivity contribution in [3.05, 3.63) is 108 Å². The standard InChI is InChI=1S/C34H29IN4O6/c1-43-28-14-13-21(33(41)36-23-10-5-4-6-11-23)16-27(28)38-39-31-24-12-8-7-9-20(24)15-25(32(31)40)34(42)37-26-18-29(44-2)22(19-35)17-30(26)45-3/h4-18,40H,19H2,1-3H3,(H,36,41)(H,37,42). The van der Waals surface area contributed by atoms with Crippen LogP contribution in [0.1, 0.15) is 26.3 Å². The van der Waals surface area contributed by atoms with E-state index >= 15 is 0 Å². The molecule has 0 spiro atoms. The molecular formula is C34H29IN4O6. The molecule has 2 amide bonds. The molecule has 0 aliphatic carbocycles. The largest absolute Gasteiger partial charge is 0.505 e. The quantitative estimate of drug-likeness (QED) is 0.0756. The van der Waals surface area contributed by atoms with E-state index in [9.17, 15) is 14.7 Å². The monoisotopic (exact) mass is 716 g/mol. The topological polar surface area (TPSA) is 131 Å². The maximum absolute atomic E-state index is 13.6. The number of phenolic OH excluding ortho intramolecular Hbond substituents is 1. The zero-order valence-corrected chi connectivity index (χ0v) is 26.8. The van der Waals surface area contributed by atoms with E-state index in [-0.39, 0.29) is 28.6 Å². The third-order valence-corrected chi connectivity index (χ3v) is 7.79. The number of alkyl halides is 1. The predicted molar refractivity (Wildman–Crippen MR) is 182 cm³/mol. The average molecular weight is 717 g/mol. The molecule has 0 radical (unpaired) electrons. The van der Waals surface area contributed by atoms with Gasteiger partial charge in [-0.25, -0.2) is 0 Å². The van der Waals surface area contributed by atoms with Crippen LogP contribution in [0.4, 0.5) is 22.7 Å². The maximum Gasteiger partial charge on any atom is 0.259 e. The first-order chi connectivity index (χ1) is 21.9. The van der Waals surface area contributed by atoms with Crippen LogP contribution in [0.15, 0.2) is 101 Å². The van der Waals surface area contributed by atoms with Crippen molar-refractivity contribution in [1.29, 1.82) is 0 Å². The van der Waals surface area contributed by atoms with Crippen LogP contribution in [0.3, 0.4) is 0 Å². The summed E-state index contributed by atoms with van der Waals surface area (Å²) in [7, 11) is 4.54. The summed E-state index contributed by atoms with van der Waals surface area (Å²) >= 11 is 2.22. The molecule has 0 fully saturated rings. The molecule has 10 nitrogen and oxygen atoms in total. The van der Waals surface area contributed by atoms with Crippen LogP contribution in [0.2, 0.25) is 0 Å². The van der Waals surface area contributed by atoms with Crippen molar-refractivity contribution in [3.63, 3.8) is 0 Å². The second-order valence-corrected chi connectivity index (χ2v) is 10.5. The Bertz CT molecular complexity index is 1910. The number of carbonyl (C=O) groups excluding carboxylic acids is 2. The third kappa shape index (κ3) is 6.83. The number of ether oxygens (including phenoxy) is 3. The number of halogens is 1. The van der Waals surface area contributed by atoms with E-state index in [0.717, 1.165) is 5.56 Å². The Balaban J connectivity index is 1.52. The predicted octanol–water partition coefficient (Wildman–Crippen LogP) is 8.43. The Labute approximate surface area is 273 Å². The number of carbonyl (C=O) groups is 2. The van der Waals surface area contributed by atoms with Crippen LogP contribution in [-0.4, -0.2) is 38.3 Å². The Kier molecular flexibility index (Phi) is 9.78. The summed E-state index contributed by atoms with van der Waals surface area (Å²) < 4.78 is 17.1. The second-order valence-electron chi connectivity index (χ2n) is 9.70. The van der Waals surface area contributed by atoms with Crippen molar-refractivity contribution >= 4 is 67.9 Å². The summed E-state index contributed by atoms with van der Waals surface area (Å²) in [4.78, 5) is 26.5. The van der Waals surface area contributed by atoms with Gasteiger partial charge in [-0.15, -0.1) is 10.2 Å². The van der Waals surface area contributed by atoms with Crippen LogP contribution in [0.25, 0.3) is 10.8 Å². The number of amides is 2. The number of aromatic hydroxyl groups is 1. The highest BCUT2D eigenvalue weighted by Crippen LogP contribution is 2.41. The van der Waals surface area contributed by atoms with Crippen molar-refractivity contribution in [2.75, 3.05) is 32.0 Å². The van der Waals surface area contributed by atoms with Crippen LogP contribution in [-0.2, 0) is 4.43 Å². The van der Waals surface area contributed by atoms with Crippen LogP contribution in [0.5, 0.6) is 23.0 Å². The molecule has 0 aliphatic heterocycles. The van der Waals surface area contributed by atoms with E-state index in [4.69, 9.17) is 14.2 Å². The number of hydrogen-bond acceptors (Lipinski definition) is 8. The average Bonchev–Trinajstić information content (AvgIpc) is 3.07. The summed E-state index contributed by atoms with van der Waals surface area (Å²) in [6, 6.07) is 26.1. The minimum Gasteiger partial charge on any atom is -0.505 e. The van der Waals surface area contributed by atoms with Gasteiger partial charge in [0.2, 0.25) is 0 Å². The minimum atomic E-state index is -0.588. The number of phenols is 1. The molecule has 5 rings (SSSR count). The normalized spacial score (nSPS) is 10.9. The lowest BCUT2D eigenvalue weighted by Crippen LogP contribution is -2.13. The molecular weight excluding hydrogens is 687 g/mol. The lowest BCUT2D eigenvalue weighted by Gasteiger charge is -2.16. The number of hydrogen-bond donors (Lipinski definition) is 3. The van der Waals surface area contributed by atoms with Crippen LogP contribution >= 0.6 is 22.6 Å². The summed E-state index contributed by atoms with van der Waals surface area (Å²) in [5.74, 6) is 0.0938. The zero-order chi connectivity index (χ0) is 31.9. The smallest absolute Gasteiger partial charge is 0.259 e. The number of benzene rings is 5. The van der Waals surface area contributed by atoms with Crippen molar-refractivity contribution in [2.24, 2.45) is 10.2 Å². The van der Waals surface area contributed by atoms with Gasteiger partial charge in [0.25, 0.3) is 11.8 Å². The highest BCUT2D eigenvalue weighted by Gasteiger charge is 2.21. The van der Waals surface area contributed by atoms with Gasteiger partial charge in [0.15, 0.2) is 5.75 Å². The Hall–Kier alpha value is -5.17. The first kappa shape index (κ1) is 31.3. The molecule has 11 heteroatoms. The first-order valence-electron chi connectivity index (χ1n) is 13.7. The summed E-state index contributed by atoms with van der Waals surface area (Å²) in [5.41, 5.74) is 2.55. The molecule has 5 aromatic rings. The number of nitrogens with one attached hydrogen (secondary N) is 2. The van der Waals surface area contributed by atoms with E-state index in [1.807, 2.05) is 24.3 Å². The lowest BCUT2D eigenvalue weighted by atomic mass is 10.0. The van der Waals surface area contributed by atoms with Crippen molar-refractivity contribution < 1.29 is 28.9 Å². The van der Waals surface area contributed by atoms with Crippen LogP contribution in [0, 0.1) is 0 Å².